The van der Waals surface area contributed by atoms with E-state index in [4.69, 9.17) is 9.47 Å². The van der Waals surface area contributed by atoms with Crippen LogP contribution in [0.25, 0.3) is 0 Å². The molecule has 0 saturated carbocycles. The Bertz CT molecular complexity index is 448. The standard InChI is InChI=1S/C13H17NO3S/c1-9-6-11-12(17-8-16-11)7-10(9)2-4-14-13(15)3-5-18/h6-7,18H,2-5,8H2,1H3,(H,14,15). The summed E-state index contributed by atoms with van der Waals surface area (Å²) >= 11 is 4.02. The summed E-state index contributed by atoms with van der Waals surface area (Å²) < 4.78 is 10.6. The van der Waals surface area contributed by atoms with Crippen LogP contribution in [0, 0.1) is 6.92 Å². The number of hydrogen-bond acceptors (Lipinski definition) is 4. The summed E-state index contributed by atoms with van der Waals surface area (Å²) in [4.78, 5) is 11.3. The SMILES string of the molecule is Cc1cc2c(cc1CCNC(=O)CCS)OCO2. The largest absolute Gasteiger partial charge is 0.454 e. The lowest BCUT2D eigenvalue weighted by atomic mass is 10.0. The number of ether oxygens (including phenoxy) is 2. The van der Waals surface area contributed by atoms with Crippen molar-refractivity contribution in [2.24, 2.45) is 0 Å². The highest BCUT2D eigenvalue weighted by Gasteiger charge is 2.15. The third kappa shape index (κ3) is 3.10. The summed E-state index contributed by atoms with van der Waals surface area (Å²) in [6.45, 7) is 2.96. The maximum atomic E-state index is 11.3. The Labute approximate surface area is 112 Å². The highest BCUT2D eigenvalue weighted by atomic mass is 32.1. The molecule has 0 saturated heterocycles. The molecule has 0 aromatic heterocycles. The second kappa shape index (κ2) is 6.00. The summed E-state index contributed by atoms with van der Waals surface area (Å²) in [6.07, 6.45) is 1.25. The molecule has 1 N–H and O–H groups in total. The third-order valence-electron chi connectivity index (χ3n) is 2.89. The normalized spacial score (nSPS) is 12.6. The van der Waals surface area contributed by atoms with Crippen molar-refractivity contribution in [2.75, 3.05) is 19.1 Å². The van der Waals surface area contributed by atoms with Gasteiger partial charge in [-0.1, -0.05) is 0 Å². The number of rotatable bonds is 5. The molecule has 0 radical (unpaired) electrons. The first-order valence-electron chi connectivity index (χ1n) is 5.97. The second-order valence-electron chi connectivity index (χ2n) is 4.21. The van der Waals surface area contributed by atoms with Crippen molar-refractivity contribution in [3.05, 3.63) is 23.3 Å². The highest BCUT2D eigenvalue weighted by Crippen LogP contribution is 2.34. The molecule has 0 fully saturated rings. The third-order valence-corrected chi connectivity index (χ3v) is 3.11. The average molecular weight is 267 g/mol. The molecule has 1 amide bonds. The van der Waals surface area contributed by atoms with Crippen molar-refractivity contribution in [1.29, 1.82) is 0 Å². The van der Waals surface area contributed by atoms with Gasteiger partial charge in [0.2, 0.25) is 12.7 Å². The van der Waals surface area contributed by atoms with Gasteiger partial charge in [-0.3, -0.25) is 4.79 Å². The molecule has 0 spiro atoms. The topological polar surface area (TPSA) is 47.6 Å². The second-order valence-corrected chi connectivity index (χ2v) is 4.65. The molecule has 98 valence electrons. The molecular formula is C13H17NO3S. The van der Waals surface area contributed by atoms with E-state index in [1.165, 1.54) is 5.56 Å². The minimum atomic E-state index is 0.0448. The van der Waals surface area contributed by atoms with E-state index in [9.17, 15) is 4.79 Å². The molecule has 5 heteroatoms. The highest BCUT2D eigenvalue weighted by molar-refractivity contribution is 7.80. The van der Waals surface area contributed by atoms with Crippen molar-refractivity contribution in [1.82, 2.24) is 5.32 Å². The molecule has 1 aliphatic rings. The van der Waals surface area contributed by atoms with Crippen molar-refractivity contribution in [3.63, 3.8) is 0 Å². The fourth-order valence-corrected chi connectivity index (χ4v) is 2.08. The Morgan fingerprint density at radius 3 is 2.83 bits per heavy atom. The van der Waals surface area contributed by atoms with E-state index in [-0.39, 0.29) is 12.7 Å². The van der Waals surface area contributed by atoms with Gasteiger partial charge < -0.3 is 14.8 Å². The first kappa shape index (κ1) is 13.1. The minimum Gasteiger partial charge on any atom is -0.454 e. The number of carbonyl (C=O) groups excluding carboxylic acids is 1. The lowest BCUT2D eigenvalue weighted by molar-refractivity contribution is -0.120. The lowest BCUT2D eigenvalue weighted by Crippen LogP contribution is -2.25. The molecule has 18 heavy (non-hydrogen) atoms. The number of aryl methyl sites for hydroxylation is 1. The monoisotopic (exact) mass is 267 g/mol. The molecule has 0 bridgehead atoms. The molecule has 1 aromatic carbocycles. The molecule has 2 rings (SSSR count). The van der Waals surface area contributed by atoms with Gasteiger partial charge in [-0.2, -0.15) is 12.6 Å². The summed E-state index contributed by atoms with van der Waals surface area (Å²) in [6, 6.07) is 3.97. The van der Waals surface area contributed by atoms with Crippen LogP contribution in [0.4, 0.5) is 0 Å². The Morgan fingerprint density at radius 2 is 2.11 bits per heavy atom. The van der Waals surface area contributed by atoms with Crippen LogP contribution in [-0.2, 0) is 11.2 Å². The van der Waals surface area contributed by atoms with Gasteiger partial charge in [-0.15, -0.1) is 0 Å². The summed E-state index contributed by atoms with van der Waals surface area (Å²) in [5.74, 6) is 2.21. The van der Waals surface area contributed by atoms with Gasteiger partial charge in [-0.25, -0.2) is 0 Å². The van der Waals surface area contributed by atoms with Gasteiger partial charge in [-0.05, 0) is 42.4 Å². The molecule has 1 aromatic rings. The summed E-state index contributed by atoms with van der Waals surface area (Å²) in [7, 11) is 0. The van der Waals surface area contributed by atoms with Crippen LogP contribution in [0.3, 0.4) is 0 Å². The number of nitrogens with one attached hydrogen (secondary N) is 1. The van der Waals surface area contributed by atoms with Gasteiger partial charge in [0.25, 0.3) is 0 Å². The fourth-order valence-electron chi connectivity index (χ4n) is 1.88. The smallest absolute Gasteiger partial charge is 0.231 e. The predicted octanol–water partition coefficient (Wildman–Crippen LogP) is 1.70. The van der Waals surface area contributed by atoms with Gasteiger partial charge in [0.05, 0.1) is 0 Å². The summed E-state index contributed by atoms with van der Waals surface area (Å²) in [5.41, 5.74) is 2.33. The van der Waals surface area contributed by atoms with Crippen LogP contribution in [0.15, 0.2) is 12.1 Å². The van der Waals surface area contributed by atoms with E-state index in [1.807, 2.05) is 19.1 Å². The minimum absolute atomic E-state index is 0.0448. The lowest BCUT2D eigenvalue weighted by Gasteiger charge is -2.08. The van der Waals surface area contributed by atoms with E-state index in [0.717, 1.165) is 23.5 Å². The van der Waals surface area contributed by atoms with Crippen LogP contribution >= 0.6 is 12.6 Å². The van der Waals surface area contributed by atoms with Crippen LogP contribution < -0.4 is 14.8 Å². The van der Waals surface area contributed by atoms with E-state index in [1.54, 1.807) is 0 Å². The zero-order chi connectivity index (χ0) is 13.0. The number of thiol groups is 1. The van der Waals surface area contributed by atoms with Gasteiger partial charge in [0, 0.05) is 13.0 Å². The Kier molecular flexibility index (Phi) is 4.36. The molecule has 1 heterocycles. The zero-order valence-electron chi connectivity index (χ0n) is 10.4. The zero-order valence-corrected chi connectivity index (χ0v) is 11.3. The fraction of sp³-hybridized carbons (Fsp3) is 0.462. The van der Waals surface area contributed by atoms with Crippen molar-refractivity contribution in [3.8, 4) is 11.5 Å². The Hall–Kier alpha value is -1.36. The first-order valence-corrected chi connectivity index (χ1v) is 6.60. The predicted molar refractivity (Wildman–Crippen MR) is 72.5 cm³/mol. The van der Waals surface area contributed by atoms with E-state index in [2.05, 4.69) is 17.9 Å². The maximum Gasteiger partial charge on any atom is 0.231 e. The number of hydrogen-bond donors (Lipinski definition) is 2. The van der Waals surface area contributed by atoms with Crippen molar-refractivity contribution in [2.45, 2.75) is 19.8 Å². The number of fused-ring (bicyclic) bond motifs is 1. The van der Waals surface area contributed by atoms with Gasteiger partial charge in [0.1, 0.15) is 0 Å². The molecule has 0 atom stereocenters. The van der Waals surface area contributed by atoms with Crippen LogP contribution in [0.5, 0.6) is 11.5 Å². The molecule has 0 unspecified atom stereocenters. The average Bonchev–Trinajstić information content (AvgIpc) is 2.76. The van der Waals surface area contributed by atoms with Crippen LogP contribution in [-0.4, -0.2) is 25.0 Å². The Morgan fingerprint density at radius 1 is 1.39 bits per heavy atom. The number of carbonyl (C=O) groups is 1. The van der Waals surface area contributed by atoms with E-state index in [0.29, 0.717) is 18.7 Å². The number of benzene rings is 1. The van der Waals surface area contributed by atoms with Gasteiger partial charge >= 0.3 is 0 Å². The van der Waals surface area contributed by atoms with Crippen molar-refractivity contribution >= 4 is 18.5 Å². The van der Waals surface area contributed by atoms with E-state index >= 15 is 0 Å². The number of amides is 1. The van der Waals surface area contributed by atoms with Crippen molar-refractivity contribution < 1.29 is 14.3 Å². The maximum absolute atomic E-state index is 11.3. The molecule has 1 aliphatic heterocycles. The van der Waals surface area contributed by atoms with E-state index < -0.39 is 0 Å². The van der Waals surface area contributed by atoms with Crippen LogP contribution in [0.2, 0.25) is 0 Å². The molecule has 0 aliphatic carbocycles. The quantitative estimate of drug-likeness (QED) is 0.798. The summed E-state index contributed by atoms with van der Waals surface area (Å²) in [5, 5.41) is 2.87. The Balaban J connectivity index is 1.92. The van der Waals surface area contributed by atoms with Gasteiger partial charge in [0.15, 0.2) is 11.5 Å². The first-order chi connectivity index (χ1) is 8.70. The molecule has 4 nitrogen and oxygen atoms in total. The molecular weight excluding hydrogens is 250 g/mol. The van der Waals surface area contributed by atoms with Crippen LogP contribution in [0.1, 0.15) is 17.5 Å².